The van der Waals surface area contributed by atoms with Gasteiger partial charge in [-0.25, -0.2) is 4.98 Å². The summed E-state index contributed by atoms with van der Waals surface area (Å²) >= 11 is 0. The van der Waals surface area contributed by atoms with Crippen LogP contribution < -0.4 is 10.6 Å². The van der Waals surface area contributed by atoms with Crippen LogP contribution >= 0.6 is 0 Å². The summed E-state index contributed by atoms with van der Waals surface area (Å²) in [6.45, 7) is 3.84. The van der Waals surface area contributed by atoms with Crippen LogP contribution in [0.5, 0.6) is 0 Å². The van der Waals surface area contributed by atoms with Gasteiger partial charge < -0.3 is 15.7 Å². The van der Waals surface area contributed by atoms with Gasteiger partial charge >= 0.3 is 0 Å². The highest BCUT2D eigenvalue weighted by Crippen LogP contribution is 2.12. The second-order valence-electron chi connectivity index (χ2n) is 3.51. The highest BCUT2D eigenvalue weighted by molar-refractivity contribution is 5.45. The molecule has 1 aromatic rings. The first-order valence-corrected chi connectivity index (χ1v) is 5.35. The third kappa shape index (κ3) is 3.75. The number of nitrogens with zero attached hydrogens (tertiary/aromatic N) is 2. The first-order chi connectivity index (χ1) is 7.27. The zero-order valence-electron chi connectivity index (χ0n) is 9.19. The molecule has 0 aliphatic rings. The van der Waals surface area contributed by atoms with Gasteiger partial charge in [0.2, 0.25) is 0 Å². The average molecular weight is 209 g/mol. The first kappa shape index (κ1) is 11.8. The van der Waals surface area contributed by atoms with Crippen LogP contribution in [0.2, 0.25) is 0 Å². The number of nitrogen functional groups attached to an aromatic ring is 1. The van der Waals surface area contributed by atoms with Crippen molar-refractivity contribution in [3.63, 3.8) is 0 Å². The van der Waals surface area contributed by atoms with Crippen molar-refractivity contribution in [1.29, 1.82) is 0 Å². The zero-order chi connectivity index (χ0) is 11.1. The predicted octanol–water partition coefficient (Wildman–Crippen LogP) is 1.26. The second-order valence-corrected chi connectivity index (χ2v) is 3.51. The molecule has 0 bridgehead atoms. The molecule has 0 amide bonds. The van der Waals surface area contributed by atoms with E-state index in [1.54, 1.807) is 6.20 Å². The van der Waals surface area contributed by atoms with E-state index in [-0.39, 0.29) is 6.61 Å². The Hall–Kier alpha value is -1.29. The minimum absolute atomic E-state index is 0.149. The summed E-state index contributed by atoms with van der Waals surface area (Å²) in [6, 6.07) is 3.72. The molecule has 0 saturated carbocycles. The second kappa shape index (κ2) is 6.24. The number of pyridine rings is 1. The maximum absolute atomic E-state index is 8.96. The molecular weight excluding hydrogens is 190 g/mol. The molecule has 0 saturated heterocycles. The standard InChI is InChI=1S/C11H19N3O/c1-2-3-6-14(7-8-15)11-5-4-10(12)9-13-11/h4-5,9,15H,2-3,6-8,12H2,1H3. The quantitative estimate of drug-likeness (QED) is 0.740. The molecule has 15 heavy (non-hydrogen) atoms. The third-order valence-corrected chi connectivity index (χ3v) is 2.25. The van der Waals surface area contributed by atoms with Gasteiger partial charge in [-0.1, -0.05) is 13.3 Å². The van der Waals surface area contributed by atoms with Crippen molar-refractivity contribution in [1.82, 2.24) is 4.98 Å². The maximum Gasteiger partial charge on any atom is 0.128 e. The highest BCUT2D eigenvalue weighted by atomic mass is 16.3. The number of aliphatic hydroxyl groups excluding tert-OH is 1. The molecule has 1 aromatic heterocycles. The van der Waals surface area contributed by atoms with Gasteiger partial charge in [0, 0.05) is 13.1 Å². The van der Waals surface area contributed by atoms with Crippen LogP contribution in [0.15, 0.2) is 18.3 Å². The molecule has 4 heteroatoms. The normalized spacial score (nSPS) is 10.3. The van der Waals surface area contributed by atoms with Crippen molar-refractivity contribution in [2.45, 2.75) is 19.8 Å². The number of nitrogens with two attached hydrogens (primary N) is 1. The van der Waals surface area contributed by atoms with Crippen LogP contribution in [-0.4, -0.2) is 29.8 Å². The zero-order valence-corrected chi connectivity index (χ0v) is 9.19. The summed E-state index contributed by atoms with van der Waals surface area (Å²) in [5, 5.41) is 8.96. The molecule has 1 rings (SSSR count). The van der Waals surface area contributed by atoms with Gasteiger partial charge in [0.25, 0.3) is 0 Å². The first-order valence-electron chi connectivity index (χ1n) is 5.35. The van der Waals surface area contributed by atoms with Gasteiger partial charge in [0.05, 0.1) is 18.5 Å². The summed E-state index contributed by atoms with van der Waals surface area (Å²) < 4.78 is 0. The number of aliphatic hydroxyl groups is 1. The molecule has 0 atom stereocenters. The fourth-order valence-electron chi connectivity index (χ4n) is 1.40. The molecule has 3 N–H and O–H groups in total. The topological polar surface area (TPSA) is 62.4 Å². The van der Waals surface area contributed by atoms with Gasteiger partial charge in [-0.05, 0) is 18.6 Å². The van der Waals surface area contributed by atoms with Crippen LogP contribution in [-0.2, 0) is 0 Å². The van der Waals surface area contributed by atoms with E-state index in [0.717, 1.165) is 25.2 Å². The fourth-order valence-corrected chi connectivity index (χ4v) is 1.40. The molecule has 0 aromatic carbocycles. The molecule has 0 unspecified atom stereocenters. The maximum atomic E-state index is 8.96. The Morgan fingerprint density at radius 2 is 2.20 bits per heavy atom. The number of hydrogen-bond donors (Lipinski definition) is 2. The number of unbranched alkanes of at least 4 members (excludes halogenated alkanes) is 1. The Morgan fingerprint density at radius 1 is 1.40 bits per heavy atom. The van der Waals surface area contributed by atoms with Gasteiger partial charge in [-0.2, -0.15) is 0 Å². The van der Waals surface area contributed by atoms with E-state index in [0.29, 0.717) is 12.2 Å². The summed E-state index contributed by atoms with van der Waals surface area (Å²) in [5.74, 6) is 0.881. The van der Waals surface area contributed by atoms with E-state index in [4.69, 9.17) is 10.8 Å². The highest BCUT2D eigenvalue weighted by Gasteiger charge is 2.05. The molecule has 0 aliphatic carbocycles. The Kier molecular flexibility index (Phi) is 4.90. The molecule has 0 spiro atoms. The minimum Gasteiger partial charge on any atom is -0.397 e. The van der Waals surface area contributed by atoms with Gasteiger partial charge in [-0.3, -0.25) is 0 Å². The Balaban J connectivity index is 2.65. The monoisotopic (exact) mass is 209 g/mol. The van der Waals surface area contributed by atoms with Crippen LogP contribution in [0.4, 0.5) is 11.5 Å². The molecular formula is C11H19N3O. The van der Waals surface area contributed by atoms with Crippen molar-refractivity contribution < 1.29 is 5.11 Å². The summed E-state index contributed by atoms with van der Waals surface area (Å²) in [5.41, 5.74) is 6.24. The predicted molar refractivity (Wildman–Crippen MR) is 62.9 cm³/mol. The Labute approximate surface area is 90.7 Å². The summed E-state index contributed by atoms with van der Waals surface area (Å²) in [7, 11) is 0. The van der Waals surface area contributed by atoms with E-state index < -0.39 is 0 Å². The SMILES string of the molecule is CCCCN(CCO)c1ccc(N)cn1. The molecule has 0 radical (unpaired) electrons. The number of rotatable bonds is 6. The van der Waals surface area contributed by atoms with Crippen molar-refractivity contribution in [3.05, 3.63) is 18.3 Å². The summed E-state index contributed by atoms with van der Waals surface area (Å²) in [4.78, 5) is 6.31. The van der Waals surface area contributed by atoms with E-state index in [1.807, 2.05) is 12.1 Å². The van der Waals surface area contributed by atoms with Crippen LogP contribution in [0, 0.1) is 0 Å². The largest absolute Gasteiger partial charge is 0.397 e. The van der Waals surface area contributed by atoms with Crippen molar-refractivity contribution in [3.8, 4) is 0 Å². The Morgan fingerprint density at radius 3 is 2.73 bits per heavy atom. The van der Waals surface area contributed by atoms with E-state index >= 15 is 0 Å². The van der Waals surface area contributed by atoms with Gasteiger partial charge in [0.15, 0.2) is 0 Å². The molecule has 84 valence electrons. The van der Waals surface area contributed by atoms with Crippen LogP contribution in [0.25, 0.3) is 0 Å². The lowest BCUT2D eigenvalue weighted by Crippen LogP contribution is -2.28. The molecule has 4 nitrogen and oxygen atoms in total. The Bertz CT molecular complexity index is 274. The smallest absolute Gasteiger partial charge is 0.128 e. The van der Waals surface area contributed by atoms with Crippen molar-refractivity contribution in [2.75, 3.05) is 30.3 Å². The van der Waals surface area contributed by atoms with Crippen LogP contribution in [0.1, 0.15) is 19.8 Å². The lowest BCUT2D eigenvalue weighted by atomic mass is 10.3. The van der Waals surface area contributed by atoms with Crippen molar-refractivity contribution in [2.24, 2.45) is 0 Å². The van der Waals surface area contributed by atoms with E-state index in [2.05, 4.69) is 16.8 Å². The lowest BCUT2D eigenvalue weighted by Gasteiger charge is -2.22. The van der Waals surface area contributed by atoms with Crippen LogP contribution in [0.3, 0.4) is 0 Å². The van der Waals surface area contributed by atoms with E-state index in [1.165, 1.54) is 0 Å². The van der Waals surface area contributed by atoms with Crippen molar-refractivity contribution >= 4 is 11.5 Å². The fraction of sp³-hybridized carbons (Fsp3) is 0.545. The number of hydrogen-bond acceptors (Lipinski definition) is 4. The van der Waals surface area contributed by atoms with E-state index in [9.17, 15) is 0 Å². The van der Waals surface area contributed by atoms with Gasteiger partial charge in [-0.15, -0.1) is 0 Å². The number of aromatic nitrogens is 1. The number of anilines is 2. The summed E-state index contributed by atoms with van der Waals surface area (Å²) in [6.07, 6.45) is 3.88. The lowest BCUT2D eigenvalue weighted by molar-refractivity contribution is 0.301. The third-order valence-electron chi connectivity index (χ3n) is 2.25. The minimum atomic E-state index is 0.149. The molecule has 0 aliphatic heterocycles. The van der Waals surface area contributed by atoms with Gasteiger partial charge in [0.1, 0.15) is 5.82 Å². The average Bonchev–Trinajstić information content (AvgIpc) is 2.25. The molecule has 0 fully saturated rings. The molecule has 1 heterocycles.